The molecule has 2 aromatic carbocycles. The van der Waals surface area contributed by atoms with Crippen LogP contribution in [-0.2, 0) is 21.2 Å². The van der Waals surface area contributed by atoms with E-state index in [1.54, 1.807) is 31.4 Å². The first-order valence-corrected chi connectivity index (χ1v) is 10.6. The molecule has 1 aliphatic carbocycles. The predicted octanol–water partition coefficient (Wildman–Crippen LogP) is 3.17. The Morgan fingerprint density at radius 2 is 1.93 bits per heavy atom. The minimum Gasteiger partial charge on any atom is -0.496 e. The SMILES string of the molecule is COc1cccc2c1CCCC2C(=O)NS(=O)(=O)c1cccc2cccnc12. The molecular formula is C21H20N2O4S. The summed E-state index contributed by atoms with van der Waals surface area (Å²) in [6.45, 7) is 0. The number of carbonyl (C=O) groups excluding carboxylic acids is 1. The number of amides is 1. The third-order valence-electron chi connectivity index (χ3n) is 5.12. The maximum atomic E-state index is 12.9. The Bertz CT molecular complexity index is 1150. The number of para-hydroxylation sites is 1. The summed E-state index contributed by atoms with van der Waals surface area (Å²) in [4.78, 5) is 17.1. The van der Waals surface area contributed by atoms with Gasteiger partial charge in [0.1, 0.15) is 10.6 Å². The van der Waals surface area contributed by atoms with Gasteiger partial charge in [0.05, 0.1) is 18.5 Å². The van der Waals surface area contributed by atoms with Crippen LogP contribution in [0.5, 0.6) is 5.75 Å². The topological polar surface area (TPSA) is 85.4 Å². The Morgan fingerprint density at radius 1 is 1.14 bits per heavy atom. The van der Waals surface area contributed by atoms with Crippen molar-refractivity contribution in [3.8, 4) is 5.75 Å². The summed E-state index contributed by atoms with van der Waals surface area (Å²) in [5.74, 6) is -0.324. The molecule has 6 nitrogen and oxygen atoms in total. The van der Waals surface area contributed by atoms with Gasteiger partial charge >= 0.3 is 0 Å². The number of fused-ring (bicyclic) bond motifs is 2. The molecular weight excluding hydrogens is 376 g/mol. The minimum atomic E-state index is -4.05. The number of pyridine rings is 1. The first kappa shape index (κ1) is 18.4. The van der Waals surface area contributed by atoms with Crippen LogP contribution in [0.15, 0.2) is 59.6 Å². The molecule has 0 bridgehead atoms. The van der Waals surface area contributed by atoms with Crippen molar-refractivity contribution in [1.29, 1.82) is 0 Å². The van der Waals surface area contributed by atoms with Gasteiger partial charge in [0, 0.05) is 11.6 Å². The molecule has 0 saturated carbocycles. The van der Waals surface area contributed by atoms with Crippen molar-refractivity contribution in [2.24, 2.45) is 0 Å². The molecule has 0 spiro atoms. The van der Waals surface area contributed by atoms with E-state index in [0.29, 0.717) is 17.3 Å². The molecule has 28 heavy (non-hydrogen) atoms. The molecule has 3 aromatic rings. The van der Waals surface area contributed by atoms with E-state index >= 15 is 0 Å². The van der Waals surface area contributed by atoms with Crippen LogP contribution in [0.4, 0.5) is 0 Å². The number of nitrogens with one attached hydrogen (secondary N) is 1. The fraction of sp³-hybridized carbons (Fsp3) is 0.238. The highest BCUT2D eigenvalue weighted by molar-refractivity contribution is 7.90. The van der Waals surface area contributed by atoms with Crippen molar-refractivity contribution in [2.45, 2.75) is 30.1 Å². The minimum absolute atomic E-state index is 0.000579. The second-order valence-corrected chi connectivity index (χ2v) is 8.42. The van der Waals surface area contributed by atoms with Crippen LogP contribution in [-0.4, -0.2) is 26.4 Å². The average Bonchev–Trinajstić information content (AvgIpc) is 2.72. The van der Waals surface area contributed by atoms with E-state index in [-0.39, 0.29) is 4.90 Å². The zero-order valence-corrected chi connectivity index (χ0v) is 16.2. The molecule has 1 aliphatic rings. The van der Waals surface area contributed by atoms with Crippen molar-refractivity contribution in [3.05, 3.63) is 65.9 Å². The van der Waals surface area contributed by atoms with E-state index < -0.39 is 21.8 Å². The number of methoxy groups -OCH3 is 1. The van der Waals surface area contributed by atoms with Gasteiger partial charge in [-0.2, -0.15) is 0 Å². The summed E-state index contributed by atoms with van der Waals surface area (Å²) in [5, 5.41) is 0.700. The summed E-state index contributed by atoms with van der Waals surface area (Å²) in [6, 6.07) is 14.0. The first-order chi connectivity index (χ1) is 13.5. The summed E-state index contributed by atoms with van der Waals surface area (Å²) in [6.07, 6.45) is 3.73. The van der Waals surface area contributed by atoms with Crippen LogP contribution in [0.25, 0.3) is 10.9 Å². The van der Waals surface area contributed by atoms with Crippen molar-refractivity contribution in [3.63, 3.8) is 0 Å². The van der Waals surface area contributed by atoms with Crippen molar-refractivity contribution in [1.82, 2.24) is 9.71 Å². The smallest absolute Gasteiger partial charge is 0.266 e. The molecule has 144 valence electrons. The molecule has 0 saturated heterocycles. The molecule has 0 aliphatic heterocycles. The van der Waals surface area contributed by atoms with E-state index in [0.717, 1.165) is 29.7 Å². The number of rotatable bonds is 4. The van der Waals surface area contributed by atoms with Crippen LogP contribution in [0.3, 0.4) is 0 Å². The molecule has 7 heteroatoms. The maximum absolute atomic E-state index is 12.9. The maximum Gasteiger partial charge on any atom is 0.266 e. The van der Waals surface area contributed by atoms with Crippen molar-refractivity contribution in [2.75, 3.05) is 7.11 Å². The molecule has 0 radical (unpaired) electrons. The van der Waals surface area contributed by atoms with Gasteiger partial charge in [-0.25, -0.2) is 13.1 Å². The quantitative estimate of drug-likeness (QED) is 0.732. The lowest BCUT2D eigenvalue weighted by Gasteiger charge is -2.26. The van der Waals surface area contributed by atoms with Gasteiger partial charge in [-0.3, -0.25) is 9.78 Å². The largest absolute Gasteiger partial charge is 0.496 e. The number of ether oxygens (including phenoxy) is 1. The number of benzene rings is 2. The third-order valence-corrected chi connectivity index (χ3v) is 6.50. The summed E-state index contributed by atoms with van der Waals surface area (Å²) in [5.41, 5.74) is 2.14. The summed E-state index contributed by atoms with van der Waals surface area (Å²) in [7, 11) is -2.45. The van der Waals surface area contributed by atoms with E-state index in [4.69, 9.17) is 4.74 Å². The normalized spacial score (nSPS) is 16.4. The highest BCUT2D eigenvalue weighted by Gasteiger charge is 2.31. The number of aromatic nitrogens is 1. The van der Waals surface area contributed by atoms with Gasteiger partial charge in [0.15, 0.2) is 0 Å². The van der Waals surface area contributed by atoms with Crippen LogP contribution >= 0.6 is 0 Å². The van der Waals surface area contributed by atoms with E-state index in [1.165, 1.54) is 12.3 Å². The third kappa shape index (κ3) is 3.22. The molecule has 1 amide bonds. The second-order valence-electron chi connectivity index (χ2n) is 6.77. The lowest BCUT2D eigenvalue weighted by atomic mass is 9.82. The van der Waals surface area contributed by atoms with Crippen molar-refractivity contribution < 1.29 is 17.9 Å². The standard InChI is InChI=1S/C21H20N2O4S/c1-27-18-11-4-8-15-16(18)9-3-10-17(15)21(24)23-28(25,26)19-12-2-6-14-7-5-13-22-20(14)19/h2,4-8,11-13,17H,3,9-10H2,1H3,(H,23,24). The van der Waals surface area contributed by atoms with E-state index in [1.807, 2.05) is 18.2 Å². The van der Waals surface area contributed by atoms with E-state index in [9.17, 15) is 13.2 Å². The highest BCUT2D eigenvalue weighted by Crippen LogP contribution is 2.37. The van der Waals surface area contributed by atoms with Gasteiger partial charge in [-0.05, 0) is 48.6 Å². The molecule has 1 N–H and O–H groups in total. The lowest BCUT2D eigenvalue weighted by Crippen LogP contribution is -2.36. The zero-order chi connectivity index (χ0) is 19.7. The Labute approximate surface area is 163 Å². The first-order valence-electron chi connectivity index (χ1n) is 9.07. The molecule has 0 fully saturated rings. The number of carbonyl (C=O) groups is 1. The van der Waals surface area contributed by atoms with Gasteiger partial charge in [-0.15, -0.1) is 0 Å². The van der Waals surface area contributed by atoms with Crippen LogP contribution < -0.4 is 9.46 Å². The van der Waals surface area contributed by atoms with Gasteiger partial charge < -0.3 is 4.74 Å². The number of sulfonamides is 1. The van der Waals surface area contributed by atoms with Crippen LogP contribution in [0.1, 0.15) is 29.9 Å². The summed E-state index contributed by atoms with van der Waals surface area (Å²) >= 11 is 0. The summed E-state index contributed by atoms with van der Waals surface area (Å²) < 4.78 is 33.5. The Morgan fingerprint density at radius 3 is 2.75 bits per heavy atom. The van der Waals surface area contributed by atoms with E-state index in [2.05, 4.69) is 9.71 Å². The Hall–Kier alpha value is -2.93. The monoisotopic (exact) mass is 396 g/mol. The number of hydrogen-bond donors (Lipinski definition) is 1. The molecule has 1 aromatic heterocycles. The fourth-order valence-corrected chi connectivity index (χ4v) is 5.03. The van der Waals surface area contributed by atoms with Gasteiger partial charge in [0.25, 0.3) is 10.0 Å². The Balaban J connectivity index is 1.68. The molecule has 1 unspecified atom stereocenters. The zero-order valence-electron chi connectivity index (χ0n) is 15.4. The number of nitrogens with zero attached hydrogens (tertiary/aromatic N) is 1. The molecule has 1 atom stereocenters. The average molecular weight is 396 g/mol. The highest BCUT2D eigenvalue weighted by atomic mass is 32.2. The second kappa shape index (κ2) is 7.24. The lowest BCUT2D eigenvalue weighted by molar-refractivity contribution is -0.121. The fourth-order valence-electron chi connectivity index (χ4n) is 3.83. The number of hydrogen-bond acceptors (Lipinski definition) is 5. The Kier molecular flexibility index (Phi) is 4.77. The van der Waals surface area contributed by atoms with Crippen LogP contribution in [0.2, 0.25) is 0 Å². The molecule has 4 rings (SSSR count). The van der Waals surface area contributed by atoms with Gasteiger partial charge in [0.2, 0.25) is 5.91 Å². The van der Waals surface area contributed by atoms with Gasteiger partial charge in [-0.1, -0.05) is 30.3 Å². The molecule has 1 heterocycles. The predicted molar refractivity (Wildman–Crippen MR) is 106 cm³/mol. The van der Waals surface area contributed by atoms with Crippen LogP contribution in [0, 0.1) is 0 Å². The van der Waals surface area contributed by atoms with Crippen molar-refractivity contribution >= 4 is 26.8 Å².